The summed E-state index contributed by atoms with van der Waals surface area (Å²) in [6.45, 7) is 6.43. The van der Waals surface area contributed by atoms with Gasteiger partial charge in [-0.15, -0.1) is 0 Å². The van der Waals surface area contributed by atoms with Crippen LogP contribution in [-0.2, 0) is 10.2 Å². The molecule has 0 heterocycles. The molecular weight excluding hydrogens is 312 g/mol. The summed E-state index contributed by atoms with van der Waals surface area (Å²) in [4.78, 5) is 12.2. The van der Waals surface area contributed by atoms with E-state index in [9.17, 15) is 10.1 Å². The summed E-state index contributed by atoms with van der Waals surface area (Å²) in [5, 5.41) is 14.9. The number of nitrogens with two attached hydrogens (primary N) is 1. The molecule has 0 aliphatic carbocycles. The Kier molecular flexibility index (Phi) is 5.45. The number of nitriles is 1. The number of hydrogen-bond acceptors (Lipinski definition) is 4. The van der Waals surface area contributed by atoms with Gasteiger partial charge in [-0.05, 0) is 47.4 Å². The van der Waals surface area contributed by atoms with Crippen molar-refractivity contribution >= 4 is 23.0 Å². The monoisotopic (exact) mass is 334 g/mol. The first kappa shape index (κ1) is 18.1. The molecule has 0 aromatic heterocycles. The van der Waals surface area contributed by atoms with E-state index in [1.807, 2.05) is 30.3 Å². The second-order valence-corrected chi connectivity index (χ2v) is 6.72. The topological polar surface area (TPSA) is 90.9 Å². The van der Waals surface area contributed by atoms with Crippen molar-refractivity contribution in [2.24, 2.45) is 0 Å². The lowest BCUT2D eigenvalue weighted by atomic mass is 9.87. The molecule has 2 aromatic rings. The van der Waals surface area contributed by atoms with Gasteiger partial charge < -0.3 is 16.4 Å². The molecule has 25 heavy (non-hydrogen) atoms. The molecule has 0 saturated heterocycles. The molecular formula is C20H22N4O. The molecule has 0 radical (unpaired) electrons. The van der Waals surface area contributed by atoms with E-state index >= 15 is 0 Å². The van der Waals surface area contributed by atoms with Crippen LogP contribution < -0.4 is 16.4 Å². The lowest BCUT2D eigenvalue weighted by Gasteiger charge is -2.19. The third kappa shape index (κ3) is 5.11. The summed E-state index contributed by atoms with van der Waals surface area (Å²) < 4.78 is 0. The van der Waals surface area contributed by atoms with Gasteiger partial charge in [0.1, 0.15) is 11.6 Å². The van der Waals surface area contributed by atoms with E-state index in [0.717, 1.165) is 5.69 Å². The highest BCUT2D eigenvalue weighted by Crippen LogP contribution is 2.23. The van der Waals surface area contributed by atoms with Crippen molar-refractivity contribution in [3.8, 4) is 6.07 Å². The van der Waals surface area contributed by atoms with Crippen LogP contribution in [0.15, 0.2) is 60.3 Å². The fraction of sp³-hybridized carbons (Fsp3) is 0.200. The molecule has 1 amide bonds. The van der Waals surface area contributed by atoms with Gasteiger partial charge in [0.05, 0.1) is 0 Å². The number of rotatable bonds is 4. The Bertz CT molecular complexity index is 807. The normalized spacial score (nSPS) is 11.5. The van der Waals surface area contributed by atoms with Crippen LogP contribution in [0.1, 0.15) is 26.3 Å². The molecule has 0 aliphatic heterocycles. The van der Waals surface area contributed by atoms with Crippen molar-refractivity contribution in [2.45, 2.75) is 26.2 Å². The SMILES string of the molecule is CC(C)(C)c1ccc(N/C=C(/C#N)C(=O)Nc2ccc(N)cc2)cc1. The molecule has 5 nitrogen and oxygen atoms in total. The zero-order valence-corrected chi connectivity index (χ0v) is 14.6. The van der Waals surface area contributed by atoms with E-state index in [1.54, 1.807) is 24.3 Å². The summed E-state index contributed by atoms with van der Waals surface area (Å²) in [6, 6.07) is 16.5. The van der Waals surface area contributed by atoms with Gasteiger partial charge in [0.25, 0.3) is 5.91 Å². The fourth-order valence-electron chi connectivity index (χ4n) is 2.14. The molecule has 0 atom stereocenters. The van der Waals surface area contributed by atoms with Gasteiger partial charge in [0.2, 0.25) is 0 Å². The number of anilines is 3. The standard InChI is InChI=1S/C20H22N4O/c1-20(2,3)15-4-8-17(9-5-15)23-13-14(12-21)19(25)24-18-10-6-16(22)7-11-18/h4-11,13,23H,22H2,1-3H3,(H,24,25)/b14-13-. The average molecular weight is 334 g/mol. The van der Waals surface area contributed by atoms with Crippen molar-refractivity contribution in [2.75, 3.05) is 16.4 Å². The molecule has 2 rings (SSSR count). The molecule has 0 fully saturated rings. The van der Waals surface area contributed by atoms with Crippen LogP contribution in [0, 0.1) is 11.3 Å². The second kappa shape index (κ2) is 7.54. The quantitative estimate of drug-likeness (QED) is 0.447. The van der Waals surface area contributed by atoms with Gasteiger partial charge in [0.15, 0.2) is 0 Å². The molecule has 4 N–H and O–H groups in total. The van der Waals surface area contributed by atoms with E-state index in [0.29, 0.717) is 11.4 Å². The number of nitrogens with one attached hydrogen (secondary N) is 2. The van der Waals surface area contributed by atoms with E-state index in [1.165, 1.54) is 11.8 Å². The first-order chi connectivity index (χ1) is 11.8. The predicted molar refractivity (Wildman–Crippen MR) is 102 cm³/mol. The van der Waals surface area contributed by atoms with Crippen LogP contribution in [0.3, 0.4) is 0 Å². The maximum absolute atomic E-state index is 12.2. The maximum Gasteiger partial charge on any atom is 0.267 e. The van der Waals surface area contributed by atoms with Crippen molar-refractivity contribution in [1.82, 2.24) is 0 Å². The molecule has 128 valence electrons. The van der Waals surface area contributed by atoms with Crippen LogP contribution in [0.4, 0.5) is 17.1 Å². The van der Waals surface area contributed by atoms with Crippen molar-refractivity contribution < 1.29 is 4.79 Å². The molecule has 0 spiro atoms. The van der Waals surface area contributed by atoms with E-state index < -0.39 is 5.91 Å². The molecule has 0 bridgehead atoms. The lowest BCUT2D eigenvalue weighted by Crippen LogP contribution is -2.14. The van der Waals surface area contributed by atoms with Crippen LogP contribution >= 0.6 is 0 Å². The summed E-state index contributed by atoms with van der Waals surface area (Å²) in [7, 11) is 0. The van der Waals surface area contributed by atoms with Gasteiger partial charge in [-0.25, -0.2) is 0 Å². The van der Waals surface area contributed by atoms with E-state index in [-0.39, 0.29) is 11.0 Å². The number of carbonyl (C=O) groups is 1. The molecule has 5 heteroatoms. The Morgan fingerprint density at radius 1 is 1.04 bits per heavy atom. The number of nitrogen functional groups attached to an aromatic ring is 1. The summed E-state index contributed by atoms with van der Waals surface area (Å²) in [5.41, 5.74) is 8.87. The zero-order chi connectivity index (χ0) is 18.4. The minimum absolute atomic E-state index is 0.0169. The Balaban J connectivity index is 2.05. The van der Waals surface area contributed by atoms with Crippen molar-refractivity contribution in [1.29, 1.82) is 5.26 Å². The van der Waals surface area contributed by atoms with Crippen molar-refractivity contribution in [3.05, 3.63) is 65.9 Å². The summed E-state index contributed by atoms with van der Waals surface area (Å²) >= 11 is 0. The predicted octanol–water partition coefficient (Wildman–Crippen LogP) is 4.02. The number of amides is 1. The highest BCUT2D eigenvalue weighted by molar-refractivity contribution is 6.06. The Labute approximate surface area is 148 Å². The fourth-order valence-corrected chi connectivity index (χ4v) is 2.14. The largest absolute Gasteiger partial charge is 0.399 e. The highest BCUT2D eigenvalue weighted by atomic mass is 16.1. The zero-order valence-electron chi connectivity index (χ0n) is 14.6. The van der Waals surface area contributed by atoms with Gasteiger partial charge in [-0.2, -0.15) is 5.26 Å². The number of nitrogens with zero attached hydrogens (tertiary/aromatic N) is 1. The molecule has 0 saturated carbocycles. The second-order valence-electron chi connectivity index (χ2n) is 6.72. The number of benzene rings is 2. The van der Waals surface area contributed by atoms with Gasteiger partial charge in [-0.1, -0.05) is 32.9 Å². The highest BCUT2D eigenvalue weighted by Gasteiger charge is 2.13. The number of carbonyl (C=O) groups excluding carboxylic acids is 1. The molecule has 0 aliphatic rings. The minimum atomic E-state index is -0.480. The van der Waals surface area contributed by atoms with Gasteiger partial charge >= 0.3 is 0 Å². The van der Waals surface area contributed by atoms with E-state index in [4.69, 9.17) is 5.73 Å². The van der Waals surface area contributed by atoms with Crippen LogP contribution in [0.5, 0.6) is 0 Å². The third-order valence-electron chi connectivity index (χ3n) is 3.67. The Hall–Kier alpha value is -3.26. The van der Waals surface area contributed by atoms with Crippen LogP contribution in [-0.4, -0.2) is 5.91 Å². The molecule has 2 aromatic carbocycles. The Morgan fingerprint density at radius 2 is 1.60 bits per heavy atom. The van der Waals surface area contributed by atoms with Crippen LogP contribution in [0.25, 0.3) is 0 Å². The van der Waals surface area contributed by atoms with Gasteiger partial charge in [0, 0.05) is 23.3 Å². The van der Waals surface area contributed by atoms with E-state index in [2.05, 4.69) is 31.4 Å². The van der Waals surface area contributed by atoms with Gasteiger partial charge in [-0.3, -0.25) is 4.79 Å². The van der Waals surface area contributed by atoms with Crippen molar-refractivity contribution in [3.63, 3.8) is 0 Å². The lowest BCUT2D eigenvalue weighted by molar-refractivity contribution is -0.112. The maximum atomic E-state index is 12.2. The van der Waals surface area contributed by atoms with Crippen LogP contribution in [0.2, 0.25) is 0 Å². The summed E-state index contributed by atoms with van der Waals surface area (Å²) in [6.07, 6.45) is 1.40. The summed E-state index contributed by atoms with van der Waals surface area (Å²) in [5.74, 6) is -0.480. The minimum Gasteiger partial charge on any atom is -0.399 e. The Morgan fingerprint density at radius 3 is 2.12 bits per heavy atom. The average Bonchev–Trinajstić information content (AvgIpc) is 2.57. The third-order valence-corrected chi connectivity index (χ3v) is 3.67. The number of hydrogen-bond donors (Lipinski definition) is 3. The first-order valence-electron chi connectivity index (χ1n) is 7.94. The smallest absolute Gasteiger partial charge is 0.267 e. The molecule has 0 unspecified atom stereocenters. The first-order valence-corrected chi connectivity index (χ1v) is 7.94.